The molecule has 2 aromatic heterocycles. The zero-order chi connectivity index (χ0) is 14.7. The van der Waals surface area contributed by atoms with Crippen LogP contribution in [0.1, 0.15) is 15.2 Å². The third-order valence-electron chi connectivity index (χ3n) is 2.90. The first-order chi connectivity index (χ1) is 9.54. The molecule has 0 aliphatic rings. The van der Waals surface area contributed by atoms with E-state index in [0.717, 1.165) is 15.8 Å². The van der Waals surface area contributed by atoms with E-state index in [4.69, 9.17) is 10.5 Å². The average molecular weight is 295 g/mol. The van der Waals surface area contributed by atoms with Crippen LogP contribution < -0.4 is 11.1 Å². The van der Waals surface area contributed by atoms with Gasteiger partial charge in [0.2, 0.25) is 0 Å². The minimum atomic E-state index is -0.737. The normalized spacial score (nSPS) is 12.6. The van der Waals surface area contributed by atoms with Crippen LogP contribution in [-0.4, -0.2) is 42.4 Å². The Morgan fingerprint density at radius 3 is 3.05 bits per heavy atom. The molecule has 0 saturated carbocycles. The monoisotopic (exact) mass is 295 g/mol. The molecule has 0 bridgehead atoms. The van der Waals surface area contributed by atoms with Crippen LogP contribution in [0.3, 0.4) is 0 Å². The van der Waals surface area contributed by atoms with Crippen molar-refractivity contribution >= 4 is 33.1 Å². The van der Waals surface area contributed by atoms with E-state index in [1.54, 1.807) is 6.20 Å². The second kappa shape index (κ2) is 6.17. The lowest BCUT2D eigenvalue weighted by Crippen LogP contribution is -2.34. The number of rotatable bonds is 5. The van der Waals surface area contributed by atoms with E-state index in [2.05, 4.69) is 10.3 Å². The Labute approximate surface area is 120 Å². The number of carbonyl (C=O) groups excluding carboxylic acids is 1. The van der Waals surface area contributed by atoms with Crippen molar-refractivity contribution in [2.24, 2.45) is 0 Å². The first-order valence-corrected chi connectivity index (χ1v) is 6.95. The molecule has 1 unspecified atom stereocenters. The Balaban J connectivity index is 2.19. The number of methoxy groups -OCH3 is 1. The highest BCUT2D eigenvalue weighted by atomic mass is 32.1. The smallest absolute Gasteiger partial charge is 0.263 e. The third kappa shape index (κ3) is 2.90. The van der Waals surface area contributed by atoms with Crippen molar-refractivity contribution in [3.8, 4) is 0 Å². The molecule has 20 heavy (non-hydrogen) atoms. The van der Waals surface area contributed by atoms with Gasteiger partial charge in [-0.05, 0) is 18.6 Å². The van der Waals surface area contributed by atoms with Crippen molar-refractivity contribution in [1.29, 1.82) is 0 Å². The van der Waals surface area contributed by atoms with Gasteiger partial charge in [0.15, 0.2) is 0 Å². The molecule has 1 amide bonds. The molecule has 2 heterocycles. The number of anilines is 1. The molecule has 7 heteroatoms. The number of fused-ring (bicyclic) bond motifs is 1. The van der Waals surface area contributed by atoms with Crippen LogP contribution in [0.25, 0.3) is 10.2 Å². The van der Waals surface area contributed by atoms with Gasteiger partial charge in [-0.3, -0.25) is 4.79 Å². The van der Waals surface area contributed by atoms with Crippen molar-refractivity contribution in [1.82, 2.24) is 10.3 Å². The Hall–Kier alpha value is -1.70. The zero-order valence-corrected chi connectivity index (χ0v) is 12.2. The minimum Gasteiger partial charge on any atom is -0.397 e. The largest absolute Gasteiger partial charge is 0.397 e. The van der Waals surface area contributed by atoms with Crippen LogP contribution in [0.4, 0.5) is 5.69 Å². The number of nitrogens with zero attached hydrogens (tertiary/aromatic N) is 1. The average Bonchev–Trinajstić information content (AvgIpc) is 2.75. The number of hydrogen-bond donors (Lipinski definition) is 3. The van der Waals surface area contributed by atoms with Crippen molar-refractivity contribution in [3.05, 3.63) is 22.7 Å². The minimum absolute atomic E-state index is 0.118. The number of thiophene rings is 1. The van der Waals surface area contributed by atoms with E-state index in [1.165, 1.54) is 18.4 Å². The summed E-state index contributed by atoms with van der Waals surface area (Å²) in [7, 11) is 1.49. The van der Waals surface area contributed by atoms with E-state index in [-0.39, 0.29) is 19.1 Å². The van der Waals surface area contributed by atoms with Crippen LogP contribution in [0, 0.1) is 6.92 Å². The number of nitrogen functional groups attached to an aromatic ring is 1. The summed E-state index contributed by atoms with van der Waals surface area (Å²) in [6, 6.07) is 1.86. The second-order valence-electron chi connectivity index (χ2n) is 4.47. The fourth-order valence-electron chi connectivity index (χ4n) is 1.91. The van der Waals surface area contributed by atoms with Gasteiger partial charge in [-0.25, -0.2) is 4.98 Å². The molecule has 0 radical (unpaired) electrons. The third-order valence-corrected chi connectivity index (χ3v) is 4.01. The van der Waals surface area contributed by atoms with Crippen LogP contribution in [-0.2, 0) is 4.74 Å². The molecule has 0 saturated heterocycles. The summed E-state index contributed by atoms with van der Waals surface area (Å²) < 4.78 is 4.80. The number of aryl methyl sites for hydroxylation is 1. The van der Waals surface area contributed by atoms with Crippen molar-refractivity contribution < 1.29 is 14.6 Å². The Kier molecular flexibility index (Phi) is 4.53. The molecule has 6 nitrogen and oxygen atoms in total. The molecule has 108 valence electrons. The summed E-state index contributed by atoms with van der Waals surface area (Å²) in [5, 5.41) is 13.0. The second-order valence-corrected chi connectivity index (χ2v) is 5.47. The number of carbonyl (C=O) groups is 1. The van der Waals surface area contributed by atoms with E-state index in [9.17, 15) is 9.90 Å². The molecular weight excluding hydrogens is 278 g/mol. The van der Waals surface area contributed by atoms with Gasteiger partial charge in [0.25, 0.3) is 5.91 Å². The zero-order valence-electron chi connectivity index (χ0n) is 11.3. The summed E-state index contributed by atoms with van der Waals surface area (Å²) >= 11 is 1.25. The van der Waals surface area contributed by atoms with Gasteiger partial charge in [0.05, 0.1) is 18.4 Å². The van der Waals surface area contributed by atoms with E-state index in [1.807, 2.05) is 13.0 Å². The van der Waals surface area contributed by atoms with Crippen LogP contribution in [0.15, 0.2) is 12.3 Å². The fourth-order valence-corrected chi connectivity index (χ4v) is 2.97. The summed E-state index contributed by atoms with van der Waals surface area (Å²) in [5.74, 6) is -0.306. The number of amides is 1. The maximum atomic E-state index is 12.1. The summed E-state index contributed by atoms with van der Waals surface area (Å²) in [6.45, 7) is 2.22. The summed E-state index contributed by atoms with van der Waals surface area (Å²) in [5.41, 5.74) is 7.46. The molecule has 2 aromatic rings. The molecule has 0 aliphatic heterocycles. The molecule has 0 aromatic carbocycles. The first-order valence-electron chi connectivity index (χ1n) is 6.13. The quantitative estimate of drug-likeness (QED) is 0.762. The number of nitrogens with one attached hydrogen (secondary N) is 1. The van der Waals surface area contributed by atoms with E-state index < -0.39 is 6.10 Å². The van der Waals surface area contributed by atoms with Gasteiger partial charge < -0.3 is 20.9 Å². The SMILES string of the molecule is COCC(O)CNC(=O)c1sc2nccc(C)c2c1N. The summed E-state index contributed by atoms with van der Waals surface area (Å²) in [6.07, 6.45) is 0.955. The topological polar surface area (TPSA) is 97.5 Å². The molecule has 1 atom stereocenters. The van der Waals surface area contributed by atoms with Crippen molar-refractivity contribution in [2.75, 3.05) is 26.0 Å². The van der Waals surface area contributed by atoms with Gasteiger partial charge in [0, 0.05) is 25.2 Å². The van der Waals surface area contributed by atoms with E-state index >= 15 is 0 Å². The Morgan fingerprint density at radius 1 is 1.65 bits per heavy atom. The fraction of sp³-hybridized carbons (Fsp3) is 0.385. The van der Waals surface area contributed by atoms with Gasteiger partial charge in [-0.15, -0.1) is 11.3 Å². The highest BCUT2D eigenvalue weighted by Crippen LogP contribution is 2.34. The maximum absolute atomic E-state index is 12.1. The highest BCUT2D eigenvalue weighted by Gasteiger charge is 2.18. The van der Waals surface area contributed by atoms with Gasteiger partial charge in [0.1, 0.15) is 9.71 Å². The lowest BCUT2D eigenvalue weighted by molar-refractivity contribution is 0.0611. The number of ether oxygens (including phenoxy) is 1. The maximum Gasteiger partial charge on any atom is 0.263 e. The van der Waals surface area contributed by atoms with Gasteiger partial charge >= 0.3 is 0 Å². The van der Waals surface area contributed by atoms with Crippen LogP contribution in [0.5, 0.6) is 0 Å². The lowest BCUT2D eigenvalue weighted by Gasteiger charge is -2.10. The predicted octanol–water partition coefficient (Wildman–Crippen LogP) is 0.924. The number of aliphatic hydroxyl groups is 1. The van der Waals surface area contributed by atoms with E-state index in [0.29, 0.717) is 10.6 Å². The molecule has 0 spiro atoms. The van der Waals surface area contributed by atoms with Crippen molar-refractivity contribution in [2.45, 2.75) is 13.0 Å². The molecule has 2 rings (SSSR count). The Morgan fingerprint density at radius 2 is 2.40 bits per heavy atom. The number of aliphatic hydroxyl groups excluding tert-OH is 1. The standard InChI is InChI=1S/C13H17N3O3S/c1-7-3-4-15-13-9(7)10(14)11(20-13)12(18)16-5-8(17)6-19-2/h3-4,8,17H,5-6,14H2,1-2H3,(H,16,18). The molecule has 0 fully saturated rings. The first kappa shape index (κ1) is 14.7. The number of pyridine rings is 1. The lowest BCUT2D eigenvalue weighted by atomic mass is 10.2. The molecule has 4 N–H and O–H groups in total. The highest BCUT2D eigenvalue weighted by molar-refractivity contribution is 7.21. The van der Waals surface area contributed by atoms with Crippen molar-refractivity contribution in [3.63, 3.8) is 0 Å². The number of hydrogen-bond acceptors (Lipinski definition) is 6. The summed E-state index contributed by atoms with van der Waals surface area (Å²) in [4.78, 5) is 17.5. The van der Waals surface area contributed by atoms with Gasteiger partial charge in [-0.1, -0.05) is 0 Å². The van der Waals surface area contributed by atoms with Crippen LogP contribution >= 0.6 is 11.3 Å². The molecule has 0 aliphatic carbocycles. The van der Waals surface area contributed by atoms with Gasteiger partial charge in [-0.2, -0.15) is 0 Å². The predicted molar refractivity (Wildman–Crippen MR) is 79.0 cm³/mol. The Bertz CT molecular complexity index is 627. The number of nitrogens with two attached hydrogens (primary N) is 1. The number of aromatic nitrogens is 1. The molecular formula is C13H17N3O3S. The van der Waals surface area contributed by atoms with Crippen LogP contribution in [0.2, 0.25) is 0 Å².